The summed E-state index contributed by atoms with van der Waals surface area (Å²) in [6.07, 6.45) is 2.52. The third-order valence-corrected chi connectivity index (χ3v) is 4.39. The zero-order valence-electron chi connectivity index (χ0n) is 8.79. The van der Waals surface area contributed by atoms with Gasteiger partial charge in [0.25, 0.3) is 0 Å². The molecule has 13 heavy (non-hydrogen) atoms. The molecule has 1 unspecified atom stereocenters. The highest BCUT2D eigenvalue weighted by Gasteiger charge is 2.16. The highest BCUT2D eigenvalue weighted by molar-refractivity contribution is 7.91. The molecule has 0 fully saturated rings. The van der Waals surface area contributed by atoms with Crippen molar-refractivity contribution >= 4 is 9.84 Å². The minimum Gasteiger partial charge on any atom is -0.328 e. The fourth-order valence-electron chi connectivity index (χ4n) is 1.07. The third kappa shape index (κ3) is 5.26. The quantitative estimate of drug-likeness (QED) is 0.714. The second kappa shape index (κ2) is 5.60. The van der Waals surface area contributed by atoms with E-state index in [1.54, 1.807) is 13.8 Å². The van der Waals surface area contributed by atoms with Crippen molar-refractivity contribution in [2.45, 2.75) is 51.3 Å². The predicted molar refractivity (Wildman–Crippen MR) is 56.4 cm³/mol. The van der Waals surface area contributed by atoms with Crippen LogP contribution in [0, 0.1) is 0 Å². The molecular weight excluding hydrogens is 186 g/mol. The maximum absolute atomic E-state index is 11.4. The lowest BCUT2D eigenvalue weighted by Gasteiger charge is -2.11. The smallest absolute Gasteiger partial charge is 0.152 e. The van der Waals surface area contributed by atoms with Crippen molar-refractivity contribution < 1.29 is 8.42 Å². The number of hydrogen-bond donors (Lipinski definition) is 1. The summed E-state index contributed by atoms with van der Waals surface area (Å²) in [7, 11) is -2.89. The summed E-state index contributed by atoms with van der Waals surface area (Å²) in [4.78, 5) is 0. The second-order valence-corrected chi connectivity index (χ2v) is 6.43. The van der Waals surface area contributed by atoms with Crippen LogP contribution < -0.4 is 5.73 Å². The van der Waals surface area contributed by atoms with E-state index in [-0.39, 0.29) is 17.0 Å². The van der Waals surface area contributed by atoms with Crippen molar-refractivity contribution in [2.75, 3.05) is 5.75 Å². The first-order chi connectivity index (χ1) is 5.90. The fourth-order valence-corrected chi connectivity index (χ4v) is 2.17. The Balaban J connectivity index is 3.89. The molecule has 0 aliphatic rings. The van der Waals surface area contributed by atoms with Gasteiger partial charge in [-0.25, -0.2) is 8.42 Å². The highest BCUT2D eigenvalue weighted by atomic mass is 32.2. The average Bonchev–Trinajstić information content (AvgIpc) is 2.01. The molecular formula is C9H21NO2S. The summed E-state index contributed by atoms with van der Waals surface area (Å²) >= 11 is 0. The molecule has 0 aromatic rings. The van der Waals surface area contributed by atoms with Crippen LogP contribution in [-0.2, 0) is 9.84 Å². The Morgan fingerprint density at radius 2 is 1.77 bits per heavy atom. The summed E-state index contributed by atoms with van der Waals surface area (Å²) in [5.41, 5.74) is 5.73. The molecule has 0 radical (unpaired) electrons. The molecule has 4 heteroatoms. The van der Waals surface area contributed by atoms with Gasteiger partial charge in [-0.2, -0.15) is 0 Å². The van der Waals surface area contributed by atoms with Gasteiger partial charge in [0.2, 0.25) is 0 Å². The SMILES string of the molecule is CCCC(N)CCS(=O)(=O)C(C)C. The lowest BCUT2D eigenvalue weighted by Crippen LogP contribution is -2.26. The van der Waals surface area contributed by atoms with E-state index >= 15 is 0 Å². The molecule has 0 bridgehead atoms. The summed E-state index contributed by atoms with van der Waals surface area (Å²) in [5.74, 6) is 0.228. The molecule has 0 heterocycles. The molecule has 3 nitrogen and oxygen atoms in total. The van der Waals surface area contributed by atoms with E-state index in [4.69, 9.17) is 5.73 Å². The van der Waals surface area contributed by atoms with Gasteiger partial charge in [-0.15, -0.1) is 0 Å². The van der Waals surface area contributed by atoms with Crippen molar-refractivity contribution in [3.05, 3.63) is 0 Å². The van der Waals surface area contributed by atoms with E-state index in [1.165, 1.54) is 0 Å². The van der Waals surface area contributed by atoms with Crippen LogP contribution in [0.15, 0.2) is 0 Å². The van der Waals surface area contributed by atoms with E-state index < -0.39 is 9.84 Å². The first-order valence-corrected chi connectivity index (χ1v) is 6.58. The lowest BCUT2D eigenvalue weighted by atomic mass is 10.1. The van der Waals surface area contributed by atoms with Crippen LogP contribution in [0.5, 0.6) is 0 Å². The molecule has 0 aliphatic carbocycles. The van der Waals surface area contributed by atoms with Crippen LogP contribution in [0.3, 0.4) is 0 Å². The third-order valence-electron chi connectivity index (χ3n) is 2.15. The Labute approximate surface area is 81.6 Å². The minimum atomic E-state index is -2.89. The molecule has 0 rings (SSSR count). The molecule has 0 aromatic heterocycles. The zero-order valence-corrected chi connectivity index (χ0v) is 9.60. The van der Waals surface area contributed by atoms with Crippen LogP contribution in [0.4, 0.5) is 0 Å². The van der Waals surface area contributed by atoms with Crippen molar-refractivity contribution in [1.29, 1.82) is 0 Å². The van der Waals surface area contributed by atoms with Crippen LogP contribution in [0.1, 0.15) is 40.0 Å². The van der Waals surface area contributed by atoms with Crippen molar-refractivity contribution in [3.8, 4) is 0 Å². The fraction of sp³-hybridized carbons (Fsp3) is 1.00. The monoisotopic (exact) mass is 207 g/mol. The maximum atomic E-state index is 11.4. The van der Waals surface area contributed by atoms with Crippen LogP contribution >= 0.6 is 0 Å². The zero-order chi connectivity index (χ0) is 10.5. The summed E-state index contributed by atoms with van der Waals surface area (Å²) in [6, 6.07) is 0.0403. The normalized spacial score (nSPS) is 14.8. The molecule has 1 atom stereocenters. The number of hydrogen-bond acceptors (Lipinski definition) is 3. The molecule has 0 saturated carbocycles. The van der Waals surface area contributed by atoms with Gasteiger partial charge in [0.05, 0.1) is 11.0 Å². The Kier molecular flexibility index (Phi) is 5.56. The molecule has 0 spiro atoms. The van der Waals surface area contributed by atoms with Gasteiger partial charge in [0, 0.05) is 6.04 Å². The van der Waals surface area contributed by atoms with E-state index in [1.807, 2.05) is 0 Å². The molecule has 2 N–H and O–H groups in total. The predicted octanol–water partition coefficient (Wildman–Crippen LogP) is 1.33. The first-order valence-electron chi connectivity index (χ1n) is 4.87. The van der Waals surface area contributed by atoms with Gasteiger partial charge in [-0.05, 0) is 26.7 Å². The molecule has 0 saturated heterocycles. The summed E-state index contributed by atoms with van der Waals surface area (Å²) < 4.78 is 22.8. The van der Waals surface area contributed by atoms with E-state index in [0.717, 1.165) is 12.8 Å². The molecule has 0 aromatic carbocycles. The van der Waals surface area contributed by atoms with Crippen molar-refractivity contribution in [1.82, 2.24) is 0 Å². The van der Waals surface area contributed by atoms with Crippen molar-refractivity contribution in [3.63, 3.8) is 0 Å². The molecule has 80 valence electrons. The van der Waals surface area contributed by atoms with Gasteiger partial charge in [-0.3, -0.25) is 0 Å². The van der Waals surface area contributed by atoms with Crippen molar-refractivity contribution in [2.24, 2.45) is 5.73 Å². The van der Waals surface area contributed by atoms with Gasteiger partial charge in [0.1, 0.15) is 0 Å². The Hall–Kier alpha value is -0.0900. The van der Waals surface area contributed by atoms with E-state index in [2.05, 4.69) is 6.92 Å². The lowest BCUT2D eigenvalue weighted by molar-refractivity contribution is 0.558. The topological polar surface area (TPSA) is 60.2 Å². The maximum Gasteiger partial charge on any atom is 0.152 e. The van der Waals surface area contributed by atoms with Crippen LogP contribution in [-0.4, -0.2) is 25.5 Å². The van der Waals surface area contributed by atoms with Gasteiger partial charge in [-0.1, -0.05) is 13.3 Å². The second-order valence-electron chi connectivity index (χ2n) is 3.75. The van der Waals surface area contributed by atoms with E-state index in [0.29, 0.717) is 6.42 Å². The first kappa shape index (κ1) is 12.9. The summed E-state index contributed by atoms with van der Waals surface area (Å²) in [5, 5.41) is -0.277. The largest absolute Gasteiger partial charge is 0.328 e. The summed E-state index contributed by atoms with van der Waals surface area (Å²) in [6.45, 7) is 5.47. The Bertz CT molecular complexity index is 222. The van der Waals surface area contributed by atoms with E-state index in [9.17, 15) is 8.42 Å². The van der Waals surface area contributed by atoms with Gasteiger partial charge >= 0.3 is 0 Å². The highest BCUT2D eigenvalue weighted by Crippen LogP contribution is 2.06. The average molecular weight is 207 g/mol. The minimum absolute atomic E-state index is 0.0403. The number of sulfone groups is 1. The van der Waals surface area contributed by atoms with Gasteiger partial charge < -0.3 is 5.73 Å². The standard InChI is InChI=1S/C9H21NO2S/c1-4-5-9(10)6-7-13(11,12)8(2)3/h8-9H,4-7,10H2,1-3H3. The molecule has 0 aliphatic heterocycles. The number of nitrogens with two attached hydrogens (primary N) is 1. The van der Waals surface area contributed by atoms with Gasteiger partial charge in [0.15, 0.2) is 9.84 Å². The Morgan fingerprint density at radius 3 is 2.15 bits per heavy atom. The van der Waals surface area contributed by atoms with Crippen LogP contribution in [0.2, 0.25) is 0 Å². The molecule has 0 amide bonds. The Morgan fingerprint density at radius 1 is 1.23 bits per heavy atom. The number of rotatable bonds is 6. The van der Waals surface area contributed by atoms with Crippen LogP contribution in [0.25, 0.3) is 0 Å².